The topological polar surface area (TPSA) is 62.4 Å². The van der Waals surface area contributed by atoms with Gasteiger partial charge in [-0.2, -0.15) is 0 Å². The average Bonchev–Trinajstić information content (AvgIpc) is 3.21. The molecule has 0 unspecified atom stereocenters. The van der Waals surface area contributed by atoms with Crippen LogP contribution < -0.4 is 5.56 Å². The van der Waals surface area contributed by atoms with Gasteiger partial charge in [0, 0.05) is 30.1 Å². The fourth-order valence-corrected chi connectivity index (χ4v) is 4.39. The number of para-hydroxylation sites is 1. The van der Waals surface area contributed by atoms with E-state index in [0.717, 1.165) is 56.0 Å². The van der Waals surface area contributed by atoms with Gasteiger partial charge in [0.1, 0.15) is 0 Å². The van der Waals surface area contributed by atoms with Gasteiger partial charge < -0.3 is 14.6 Å². The highest BCUT2D eigenvalue weighted by Crippen LogP contribution is 2.27. The lowest BCUT2D eigenvalue weighted by Gasteiger charge is -2.31. The predicted molar refractivity (Wildman–Crippen MR) is 106 cm³/mol. The summed E-state index contributed by atoms with van der Waals surface area (Å²) in [6, 6.07) is 9.68. The van der Waals surface area contributed by atoms with Crippen molar-refractivity contribution in [2.75, 3.05) is 13.2 Å². The second-order valence-corrected chi connectivity index (χ2v) is 7.90. The molecule has 1 saturated carbocycles. The molecule has 2 aliphatic rings. The summed E-state index contributed by atoms with van der Waals surface area (Å²) in [6.07, 6.45) is 7.54. The normalized spacial score (nSPS) is 20.8. The third-order valence-corrected chi connectivity index (χ3v) is 5.91. The summed E-state index contributed by atoms with van der Waals surface area (Å²) in [7, 11) is 0. The summed E-state index contributed by atoms with van der Waals surface area (Å²) < 4.78 is 5.78. The van der Waals surface area contributed by atoms with E-state index in [2.05, 4.69) is 4.98 Å². The number of nitrogens with one attached hydrogen (secondary N) is 1. The molecule has 144 valence electrons. The van der Waals surface area contributed by atoms with Gasteiger partial charge in [-0.1, -0.05) is 37.5 Å². The number of aromatic amines is 1. The summed E-state index contributed by atoms with van der Waals surface area (Å²) in [5.74, 6) is 0.289. The van der Waals surface area contributed by atoms with Crippen LogP contribution in [0.4, 0.5) is 0 Å². The Morgan fingerprint density at radius 3 is 2.70 bits per heavy atom. The molecule has 5 nitrogen and oxygen atoms in total. The molecule has 5 heteroatoms. The van der Waals surface area contributed by atoms with Crippen LogP contribution >= 0.6 is 0 Å². The van der Waals surface area contributed by atoms with E-state index >= 15 is 0 Å². The maximum absolute atomic E-state index is 13.2. The maximum Gasteiger partial charge on any atom is 0.253 e. The summed E-state index contributed by atoms with van der Waals surface area (Å²) in [5.41, 5.74) is 1.37. The van der Waals surface area contributed by atoms with Crippen molar-refractivity contribution in [1.29, 1.82) is 0 Å². The zero-order chi connectivity index (χ0) is 18.6. The van der Waals surface area contributed by atoms with Gasteiger partial charge in [-0.15, -0.1) is 0 Å². The van der Waals surface area contributed by atoms with Crippen LogP contribution in [0.2, 0.25) is 0 Å². The van der Waals surface area contributed by atoms with E-state index in [0.29, 0.717) is 18.7 Å². The molecule has 1 atom stereocenters. The van der Waals surface area contributed by atoms with Crippen molar-refractivity contribution >= 4 is 16.8 Å². The summed E-state index contributed by atoms with van der Waals surface area (Å²) >= 11 is 0. The lowest BCUT2D eigenvalue weighted by molar-refractivity contribution is -0.138. The molecular weight excluding hydrogens is 340 g/mol. The largest absolute Gasteiger partial charge is 0.376 e. The fourth-order valence-electron chi connectivity index (χ4n) is 4.39. The molecule has 1 amide bonds. The molecule has 1 aromatic carbocycles. The molecule has 0 bridgehead atoms. The van der Waals surface area contributed by atoms with E-state index in [1.54, 1.807) is 0 Å². The van der Waals surface area contributed by atoms with Crippen LogP contribution in [0.1, 0.15) is 50.5 Å². The molecule has 1 N–H and O–H groups in total. The van der Waals surface area contributed by atoms with Gasteiger partial charge >= 0.3 is 0 Å². The van der Waals surface area contributed by atoms with Crippen molar-refractivity contribution in [2.45, 2.75) is 57.6 Å². The molecule has 0 radical (unpaired) electrons. The fraction of sp³-hybridized carbons (Fsp3) is 0.545. The van der Waals surface area contributed by atoms with Gasteiger partial charge in [0.05, 0.1) is 12.6 Å². The van der Waals surface area contributed by atoms with E-state index in [9.17, 15) is 9.59 Å². The SMILES string of the molecule is O=C(C1CCCCC1)N(Cc1cc2ccccc2[nH]c1=O)C[C@H]1CCCO1. The molecule has 0 spiro atoms. The van der Waals surface area contributed by atoms with Crippen LogP contribution in [0.15, 0.2) is 35.1 Å². The van der Waals surface area contributed by atoms with Crippen LogP contribution in [0.3, 0.4) is 0 Å². The van der Waals surface area contributed by atoms with Crippen molar-refractivity contribution in [1.82, 2.24) is 9.88 Å². The first-order valence-electron chi connectivity index (χ1n) is 10.2. The predicted octanol–water partition coefficient (Wildman–Crippen LogP) is 3.62. The first-order valence-corrected chi connectivity index (χ1v) is 10.2. The van der Waals surface area contributed by atoms with Crippen molar-refractivity contribution < 1.29 is 9.53 Å². The Labute approximate surface area is 159 Å². The number of benzene rings is 1. The average molecular weight is 368 g/mol. The minimum absolute atomic E-state index is 0.0945. The highest BCUT2D eigenvalue weighted by molar-refractivity contribution is 5.80. The summed E-state index contributed by atoms with van der Waals surface area (Å²) in [6.45, 7) is 1.71. The molecule has 1 aromatic heterocycles. The van der Waals surface area contributed by atoms with Gasteiger partial charge in [-0.25, -0.2) is 0 Å². The second-order valence-electron chi connectivity index (χ2n) is 7.90. The van der Waals surface area contributed by atoms with Gasteiger partial charge in [-0.05, 0) is 43.2 Å². The summed E-state index contributed by atoms with van der Waals surface area (Å²) in [4.78, 5) is 30.6. The second kappa shape index (κ2) is 8.26. The lowest BCUT2D eigenvalue weighted by Crippen LogP contribution is -2.42. The number of pyridine rings is 1. The van der Waals surface area contributed by atoms with Crippen LogP contribution in [0.5, 0.6) is 0 Å². The Morgan fingerprint density at radius 1 is 1.11 bits per heavy atom. The Morgan fingerprint density at radius 2 is 1.93 bits per heavy atom. The smallest absolute Gasteiger partial charge is 0.253 e. The monoisotopic (exact) mass is 368 g/mol. The highest BCUT2D eigenvalue weighted by atomic mass is 16.5. The number of carbonyl (C=O) groups is 1. The van der Waals surface area contributed by atoms with Gasteiger partial charge in [0.2, 0.25) is 5.91 Å². The minimum Gasteiger partial charge on any atom is -0.376 e. The molecule has 2 fully saturated rings. The molecule has 27 heavy (non-hydrogen) atoms. The molecular formula is C22H28N2O3. The van der Waals surface area contributed by atoms with Gasteiger partial charge in [0.25, 0.3) is 5.56 Å². The summed E-state index contributed by atoms with van der Waals surface area (Å²) in [5, 5.41) is 0.995. The maximum atomic E-state index is 13.2. The number of rotatable bonds is 5. The van der Waals surface area contributed by atoms with Crippen molar-refractivity contribution in [3.05, 3.63) is 46.2 Å². The number of H-pyrrole nitrogens is 1. The zero-order valence-corrected chi connectivity index (χ0v) is 15.8. The van der Waals surface area contributed by atoms with E-state index in [1.165, 1.54) is 6.42 Å². The molecule has 1 saturated heterocycles. The van der Waals surface area contributed by atoms with Gasteiger partial charge in [0.15, 0.2) is 0 Å². The molecule has 1 aliphatic carbocycles. The molecule has 2 heterocycles. The molecule has 4 rings (SSSR count). The number of hydrogen-bond acceptors (Lipinski definition) is 3. The Bertz CT molecular complexity index is 848. The van der Waals surface area contributed by atoms with Gasteiger partial charge in [-0.3, -0.25) is 9.59 Å². The van der Waals surface area contributed by atoms with Crippen LogP contribution in [0.25, 0.3) is 10.9 Å². The number of aromatic nitrogens is 1. The minimum atomic E-state index is -0.109. The number of hydrogen-bond donors (Lipinski definition) is 1. The zero-order valence-electron chi connectivity index (χ0n) is 15.8. The Balaban J connectivity index is 1.58. The first-order chi connectivity index (χ1) is 13.2. The molecule has 1 aliphatic heterocycles. The number of fused-ring (bicyclic) bond motifs is 1. The van der Waals surface area contributed by atoms with Crippen molar-refractivity contribution in [3.63, 3.8) is 0 Å². The first kappa shape index (κ1) is 18.2. The van der Waals surface area contributed by atoms with Crippen molar-refractivity contribution in [3.8, 4) is 0 Å². The third-order valence-electron chi connectivity index (χ3n) is 5.91. The molecule has 2 aromatic rings. The lowest BCUT2D eigenvalue weighted by atomic mass is 9.88. The standard InChI is InChI=1S/C22H28N2O3/c25-21-18(13-17-9-4-5-11-20(17)23-21)14-24(15-19-10-6-12-27-19)22(26)16-7-2-1-3-8-16/h4-5,9,11,13,16,19H,1-3,6-8,10,12,14-15H2,(H,23,25)/t19-/m1/s1. The highest BCUT2D eigenvalue weighted by Gasteiger charge is 2.29. The van der Waals surface area contributed by atoms with Crippen molar-refractivity contribution in [2.24, 2.45) is 5.92 Å². The number of ether oxygens (including phenoxy) is 1. The van der Waals surface area contributed by atoms with E-state index in [4.69, 9.17) is 4.74 Å². The Kier molecular flexibility index (Phi) is 5.58. The third kappa shape index (κ3) is 4.24. The number of nitrogens with zero attached hydrogens (tertiary/aromatic N) is 1. The quantitative estimate of drug-likeness (QED) is 0.877. The van der Waals surface area contributed by atoms with Crippen LogP contribution in [0, 0.1) is 5.92 Å². The van der Waals surface area contributed by atoms with E-state index in [1.807, 2.05) is 35.2 Å². The number of carbonyl (C=O) groups excluding carboxylic acids is 1. The Hall–Kier alpha value is -2.14. The van der Waals surface area contributed by atoms with E-state index < -0.39 is 0 Å². The number of amides is 1. The van der Waals surface area contributed by atoms with E-state index in [-0.39, 0.29) is 23.5 Å². The van der Waals surface area contributed by atoms with Crippen LogP contribution in [-0.4, -0.2) is 35.0 Å². The van der Waals surface area contributed by atoms with Crippen LogP contribution in [-0.2, 0) is 16.1 Å².